The van der Waals surface area contributed by atoms with Crippen LogP contribution in [0.2, 0.25) is 0 Å². The van der Waals surface area contributed by atoms with E-state index in [9.17, 15) is 4.79 Å². The van der Waals surface area contributed by atoms with Crippen molar-refractivity contribution in [3.63, 3.8) is 0 Å². The monoisotopic (exact) mass is 286 g/mol. The van der Waals surface area contributed by atoms with Crippen LogP contribution in [0.5, 0.6) is 0 Å². The lowest BCUT2D eigenvalue weighted by Crippen LogP contribution is -2.26. The minimum Gasteiger partial charge on any atom is -0.453 e. The van der Waals surface area contributed by atoms with Crippen molar-refractivity contribution < 1.29 is 9.53 Å². The maximum absolute atomic E-state index is 12.2. The van der Waals surface area contributed by atoms with Crippen molar-refractivity contribution in [2.45, 2.75) is 58.5 Å². The van der Waals surface area contributed by atoms with Gasteiger partial charge in [-0.2, -0.15) is 0 Å². The Kier molecular flexibility index (Phi) is 5.22. The molecule has 0 aliphatic carbocycles. The third kappa shape index (κ3) is 3.04. The van der Waals surface area contributed by atoms with E-state index < -0.39 is 0 Å². The number of carbonyl (C=O) groups excluding carboxylic acids is 1. The van der Waals surface area contributed by atoms with Gasteiger partial charge in [0.05, 0.1) is 0 Å². The lowest BCUT2D eigenvalue weighted by Gasteiger charge is -2.34. The first-order chi connectivity index (χ1) is 10.2. The number of rotatable bonds is 7. The zero-order valence-electron chi connectivity index (χ0n) is 13.2. The second-order valence-corrected chi connectivity index (χ2v) is 6.04. The third-order valence-corrected chi connectivity index (χ3v) is 4.63. The number of hydrogen-bond donors (Lipinski definition) is 0. The van der Waals surface area contributed by atoms with E-state index in [1.54, 1.807) is 0 Å². The summed E-state index contributed by atoms with van der Waals surface area (Å²) < 4.78 is 5.73. The maximum atomic E-state index is 12.2. The zero-order chi connectivity index (χ0) is 15.3. The number of benzene rings is 1. The van der Waals surface area contributed by atoms with Gasteiger partial charge in [0.1, 0.15) is 6.10 Å². The van der Waals surface area contributed by atoms with Crippen molar-refractivity contribution in [2.75, 3.05) is 0 Å². The largest absolute Gasteiger partial charge is 0.453 e. The van der Waals surface area contributed by atoms with Crippen LogP contribution in [0.4, 0.5) is 0 Å². The molecular weight excluding hydrogens is 260 g/mol. The highest BCUT2D eigenvalue weighted by Crippen LogP contribution is 2.54. The first kappa shape index (κ1) is 15.8. The lowest BCUT2D eigenvalue weighted by atomic mass is 9.68. The molecule has 0 amide bonds. The lowest BCUT2D eigenvalue weighted by molar-refractivity contribution is -0.140. The van der Waals surface area contributed by atoms with E-state index in [0.717, 1.165) is 44.1 Å². The van der Waals surface area contributed by atoms with Crippen molar-refractivity contribution in [3.05, 3.63) is 48.0 Å². The molecule has 1 atom stereocenters. The molecule has 21 heavy (non-hydrogen) atoms. The summed E-state index contributed by atoms with van der Waals surface area (Å²) in [4.78, 5) is 12.2. The summed E-state index contributed by atoms with van der Waals surface area (Å²) in [5.74, 6) is -0.212. The summed E-state index contributed by atoms with van der Waals surface area (Å²) in [5, 5.41) is 0. The van der Waals surface area contributed by atoms with Crippen LogP contribution in [-0.2, 0) is 9.53 Å². The molecule has 1 unspecified atom stereocenters. The number of carbonyl (C=O) groups is 1. The Balaban J connectivity index is 2.39. The molecule has 0 spiro atoms. The Labute approximate surface area is 128 Å². The van der Waals surface area contributed by atoms with Crippen molar-refractivity contribution in [2.24, 2.45) is 5.41 Å². The van der Waals surface area contributed by atoms with Gasteiger partial charge >= 0.3 is 5.97 Å². The summed E-state index contributed by atoms with van der Waals surface area (Å²) in [6.45, 7) is 8.47. The first-order valence-corrected chi connectivity index (χ1v) is 8.11. The van der Waals surface area contributed by atoms with Gasteiger partial charge in [0.2, 0.25) is 0 Å². The number of ether oxygens (including phenoxy) is 1. The molecule has 0 saturated carbocycles. The van der Waals surface area contributed by atoms with E-state index in [4.69, 9.17) is 4.74 Å². The topological polar surface area (TPSA) is 26.3 Å². The van der Waals surface area contributed by atoms with Crippen molar-refractivity contribution >= 4 is 5.97 Å². The molecule has 1 heterocycles. The standard InChI is InChI=1S/C19H26O2/c1-4-6-13-19(14-7-5-2)15(3)18(20)21-17(19)16-11-9-8-10-12-16/h8-12,17H,3-7,13-14H2,1-2H3. The number of hydrogen-bond acceptors (Lipinski definition) is 2. The Bertz CT molecular complexity index is 482. The average molecular weight is 286 g/mol. The van der Waals surface area contributed by atoms with Gasteiger partial charge in [-0.25, -0.2) is 4.79 Å². The summed E-state index contributed by atoms with van der Waals surface area (Å²) in [6, 6.07) is 10.1. The molecule has 0 radical (unpaired) electrons. The van der Waals surface area contributed by atoms with Crippen LogP contribution in [0.25, 0.3) is 0 Å². The number of cyclic esters (lactones) is 1. The van der Waals surface area contributed by atoms with E-state index in [-0.39, 0.29) is 17.5 Å². The molecule has 1 aliphatic rings. The molecule has 0 N–H and O–H groups in total. The van der Waals surface area contributed by atoms with Gasteiger partial charge in [-0.1, -0.05) is 76.4 Å². The van der Waals surface area contributed by atoms with E-state index in [0.29, 0.717) is 5.57 Å². The SMILES string of the molecule is C=C1C(=O)OC(c2ccccc2)C1(CCCC)CCCC. The summed E-state index contributed by atoms with van der Waals surface area (Å²) in [6.07, 6.45) is 6.23. The highest BCUT2D eigenvalue weighted by molar-refractivity contribution is 5.92. The van der Waals surface area contributed by atoms with Crippen molar-refractivity contribution in [1.29, 1.82) is 0 Å². The van der Waals surface area contributed by atoms with Gasteiger partial charge in [-0.05, 0) is 18.4 Å². The van der Waals surface area contributed by atoms with Crippen molar-refractivity contribution in [3.8, 4) is 0 Å². The fourth-order valence-electron chi connectivity index (χ4n) is 3.34. The van der Waals surface area contributed by atoms with Crippen LogP contribution in [-0.4, -0.2) is 5.97 Å². The summed E-state index contributed by atoms with van der Waals surface area (Å²) in [7, 11) is 0. The summed E-state index contributed by atoms with van der Waals surface area (Å²) >= 11 is 0. The highest BCUT2D eigenvalue weighted by atomic mass is 16.6. The molecule has 1 fully saturated rings. The second kappa shape index (κ2) is 6.93. The quantitative estimate of drug-likeness (QED) is 0.508. The molecule has 0 bridgehead atoms. The van der Waals surface area contributed by atoms with Gasteiger partial charge in [0.15, 0.2) is 0 Å². The molecule has 1 saturated heterocycles. The molecule has 2 heteroatoms. The molecule has 0 aromatic heterocycles. The number of esters is 1. The van der Waals surface area contributed by atoms with Gasteiger partial charge in [-0.3, -0.25) is 0 Å². The zero-order valence-corrected chi connectivity index (χ0v) is 13.2. The Morgan fingerprint density at radius 3 is 2.19 bits per heavy atom. The molecule has 2 rings (SSSR count). The van der Waals surface area contributed by atoms with E-state index in [2.05, 4.69) is 32.6 Å². The molecular formula is C19H26O2. The molecule has 1 aromatic rings. The third-order valence-electron chi connectivity index (χ3n) is 4.63. The highest BCUT2D eigenvalue weighted by Gasteiger charge is 2.51. The second-order valence-electron chi connectivity index (χ2n) is 6.04. The minimum absolute atomic E-state index is 0.170. The van der Waals surface area contributed by atoms with Crippen LogP contribution >= 0.6 is 0 Å². The fourth-order valence-corrected chi connectivity index (χ4v) is 3.34. The number of unbranched alkanes of at least 4 members (excludes halogenated alkanes) is 2. The van der Waals surface area contributed by atoms with Gasteiger partial charge in [0, 0.05) is 11.0 Å². The summed E-state index contributed by atoms with van der Waals surface area (Å²) in [5.41, 5.74) is 1.56. The fraction of sp³-hybridized carbons (Fsp3) is 0.526. The van der Waals surface area contributed by atoms with E-state index in [1.165, 1.54) is 0 Å². The van der Waals surface area contributed by atoms with Crippen LogP contribution in [0.3, 0.4) is 0 Å². The first-order valence-electron chi connectivity index (χ1n) is 8.11. The van der Waals surface area contributed by atoms with Crippen LogP contribution < -0.4 is 0 Å². The van der Waals surface area contributed by atoms with E-state index in [1.807, 2.05) is 18.2 Å². The molecule has 1 aromatic carbocycles. The van der Waals surface area contributed by atoms with Gasteiger partial charge in [-0.15, -0.1) is 0 Å². The Morgan fingerprint density at radius 1 is 1.10 bits per heavy atom. The average Bonchev–Trinajstić information content (AvgIpc) is 2.77. The predicted molar refractivity (Wildman–Crippen MR) is 85.9 cm³/mol. The smallest absolute Gasteiger partial charge is 0.334 e. The normalized spacial score (nSPS) is 20.6. The predicted octanol–water partition coefficient (Wildman–Crippen LogP) is 5.21. The van der Waals surface area contributed by atoms with E-state index >= 15 is 0 Å². The van der Waals surface area contributed by atoms with Crippen LogP contribution in [0, 0.1) is 5.41 Å². The Morgan fingerprint density at radius 2 is 1.67 bits per heavy atom. The molecule has 114 valence electrons. The Hall–Kier alpha value is -1.57. The van der Waals surface area contributed by atoms with Gasteiger partial charge < -0.3 is 4.74 Å². The van der Waals surface area contributed by atoms with Crippen LogP contribution in [0.15, 0.2) is 42.5 Å². The van der Waals surface area contributed by atoms with Crippen molar-refractivity contribution in [1.82, 2.24) is 0 Å². The maximum Gasteiger partial charge on any atom is 0.334 e. The molecule has 1 aliphatic heterocycles. The molecule has 2 nitrogen and oxygen atoms in total. The van der Waals surface area contributed by atoms with Crippen LogP contribution in [0.1, 0.15) is 64.0 Å². The minimum atomic E-state index is -0.218. The van der Waals surface area contributed by atoms with Gasteiger partial charge in [0.25, 0.3) is 0 Å².